The Bertz CT molecular complexity index is 472. The molecule has 0 radical (unpaired) electrons. The fourth-order valence-corrected chi connectivity index (χ4v) is 3.69. The maximum absolute atomic E-state index is 12.5. The lowest BCUT2D eigenvalue weighted by Gasteiger charge is -2.38. The molecule has 2 aliphatic rings. The standard InChI is InChI=1S/C17H29N3O4/c1-10(19-17(24)13(18)9-14(21)22)16(23)20-15(12-7-4-8-12)11-5-2-3-6-11/h10-13,15H,2-9,18H2,1H3,(H,19,24)(H,20,23)(H,21,22)/t10-,13+,15?/m1/s1. The van der Waals surface area contributed by atoms with Crippen molar-refractivity contribution in [1.29, 1.82) is 0 Å². The van der Waals surface area contributed by atoms with Crippen LogP contribution in [0.4, 0.5) is 0 Å². The molecule has 7 heteroatoms. The molecular formula is C17H29N3O4. The Labute approximate surface area is 142 Å². The van der Waals surface area contributed by atoms with Crippen LogP contribution in [0.1, 0.15) is 58.3 Å². The molecule has 2 amide bonds. The van der Waals surface area contributed by atoms with Crippen LogP contribution in [0, 0.1) is 11.8 Å². The van der Waals surface area contributed by atoms with E-state index >= 15 is 0 Å². The summed E-state index contributed by atoms with van der Waals surface area (Å²) in [6.45, 7) is 1.60. The maximum Gasteiger partial charge on any atom is 0.305 e. The number of carbonyl (C=O) groups excluding carboxylic acids is 2. The number of carboxylic acids is 1. The minimum Gasteiger partial charge on any atom is -0.481 e. The monoisotopic (exact) mass is 339 g/mol. The van der Waals surface area contributed by atoms with E-state index in [-0.39, 0.29) is 11.9 Å². The Morgan fingerprint density at radius 2 is 1.54 bits per heavy atom. The largest absolute Gasteiger partial charge is 0.481 e. The van der Waals surface area contributed by atoms with Gasteiger partial charge in [0, 0.05) is 6.04 Å². The van der Waals surface area contributed by atoms with E-state index in [1.807, 2.05) is 0 Å². The van der Waals surface area contributed by atoms with E-state index < -0.39 is 30.4 Å². The van der Waals surface area contributed by atoms with Crippen LogP contribution in [0.25, 0.3) is 0 Å². The smallest absolute Gasteiger partial charge is 0.305 e. The fourth-order valence-electron chi connectivity index (χ4n) is 3.69. The quantitative estimate of drug-likeness (QED) is 0.520. The molecule has 0 bridgehead atoms. The number of amides is 2. The van der Waals surface area contributed by atoms with Gasteiger partial charge in [0.1, 0.15) is 6.04 Å². The summed E-state index contributed by atoms with van der Waals surface area (Å²) in [6.07, 6.45) is 7.85. The molecular weight excluding hydrogens is 310 g/mol. The van der Waals surface area contributed by atoms with Gasteiger partial charge in [0.05, 0.1) is 12.5 Å². The van der Waals surface area contributed by atoms with Crippen LogP contribution in [-0.2, 0) is 14.4 Å². The number of nitrogens with one attached hydrogen (secondary N) is 2. The molecule has 0 aromatic heterocycles. The van der Waals surface area contributed by atoms with E-state index in [4.69, 9.17) is 10.8 Å². The highest BCUT2D eigenvalue weighted by molar-refractivity contribution is 5.91. The molecule has 136 valence electrons. The van der Waals surface area contributed by atoms with Crippen molar-refractivity contribution in [3.05, 3.63) is 0 Å². The third-order valence-electron chi connectivity index (χ3n) is 5.36. The molecule has 2 fully saturated rings. The van der Waals surface area contributed by atoms with Gasteiger partial charge >= 0.3 is 5.97 Å². The van der Waals surface area contributed by atoms with E-state index in [1.165, 1.54) is 19.3 Å². The molecule has 0 aromatic carbocycles. The molecule has 2 aliphatic carbocycles. The molecule has 2 saturated carbocycles. The minimum atomic E-state index is -1.14. The second-order valence-corrected chi connectivity index (χ2v) is 7.20. The third kappa shape index (κ3) is 4.93. The zero-order chi connectivity index (χ0) is 17.7. The minimum absolute atomic E-state index is 0.195. The van der Waals surface area contributed by atoms with Crippen molar-refractivity contribution in [3.8, 4) is 0 Å². The number of nitrogens with two attached hydrogens (primary N) is 1. The molecule has 0 heterocycles. The molecule has 7 nitrogen and oxygen atoms in total. The van der Waals surface area contributed by atoms with E-state index in [0.717, 1.165) is 25.7 Å². The second-order valence-electron chi connectivity index (χ2n) is 7.20. The summed E-state index contributed by atoms with van der Waals surface area (Å²) in [6, 6.07) is -1.67. The Kier molecular flexibility index (Phi) is 6.60. The number of carbonyl (C=O) groups is 3. The second kappa shape index (κ2) is 8.46. The van der Waals surface area contributed by atoms with Crippen molar-refractivity contribution in [1.82, 2.24) is 10.6 Å². The zero-order valence-corrected chi connectivity index (χ0v) is 14.3. The molecule has 2 rings (SSSR count). The first kappa shape index (κ1) is 18.7. The average molecular weight is 339 g/mol. The van der Waals surface area contributed by atoms with Gasteiger partial charge in [-0.05, 0) is 44.4 Å². The van der Waals surface area contributed by atoms with Crippen LogP contribution in [0.3, 0.4) is 0 Å². The summed E-state index contributed by atoms with van der Waals surface area (Å²) >= 11 is 0. The molecule has 0 saturated heterocycles. The maximum atomic E-state index is 12.5. The highest BCUT2D eigenvalue weighted by atomic mass is 16.4. The van der Waals surface area contributed by atoms with Crippen molar-refractivity contribution in [3.63, 3.8) is 0 Å². The van der Waals surface area contributed by atoms with Crippen LogP contribution < -0.4 is 16.4 Å². The van der Waals surface area contributed by atoms with E-state index in [9.17, 15) is 14.4 Å². The average Bonchev–Trinajstić information content (AvgIpc) is 2.97. The van der Waals surface area contributed by atoms with Crippen molar-refractivity contribution in [2.45, 2.75) is 76.4 Å². The number of rotatable bonds is 8. The molecule has 0 spiro atoms. The lowest BCUT2D eigenvalue weighted by molar-refractivity contribution is -0.139. The van der Waals surface area contributed by atoms with Crippen molar-refractivity contribution in [2.75, 3.05) is 0 Å². The van der Waals surface area contributed by atoms with Gasteiger partial charge in [0.25, 0.3) is 0 Å². The van der Waals surface area contributed by atoms with Gasteiger partial charge in [-0.25, -0.2) is 0 Å². The number of hydrogen-bond donors (Lipinski definition) is 4. The van der Waals surface area contributed by atoms with Gasteiger partial charge in [0.2, 0.25) is 11.8 Å². The first-order valence-corrected chi connectivity index (χ1v) is 8.96. The summed E-state index contributed by atoms with van der Waals surface area (Å²) in [5, 5.41) is 14.3. The van der Waals surface area contributed by atoms with Gasteiger partial charge in [-0.15, -0.1) is 0 Å². The molecule has 0 aromatic rings. The van der Waals surface area contributed by atoms with Crippen LogP contribution in [0.15, 0.2) is 0 Å². The van der Waals surface area contributed by atoms with Gasteiger partial charge in [0.15, 0.2) is 0 Å². The molecule has 0 aliphatic heterocycles. The van der Waals surface area contributed by atoms with Crippen LogP contribution in [0.5, 0.6) is 0 Å². The Morgan fingerprint density at radius 3 is 2.00 bits per heavy atom. The van der Waals surface area contributed by atoms with Crippen molar-refractivity contribution < 1.29 is 19.5 Å². The van der Waals surface area contributed by atoms with Gasteiger partial charge in [-0.3, -0.25) is 14.4 Å². The first-order chi connectivity index (χ1) is 11.4. The Balaban J connectivity index is 1.86. The van der Waals surface area contributed by atoms with Crippen LogP contribution >= 0.6 is 0 Å². The Morgan fingerprint density at radius 1 is 1.00 bits per heavy atom. The van der Waals surface area contributed by atoms with Crippen molar-refractivity contribution >= 4 is 17.8 Å². The summed E-state index contributed by atoms with van der Waals surface area (Å²) in [7, 11) is 0. The van der Waals surface area contributed by atoms with Crippen LogP contribution in [-0.4, -0.2) is 41.0 Å². The fraction of sp³-hybridized carbons (Fsp3) is 0.824. The zero-order valence-electron chi connectivity index (χ0n) is 14.3. The predicted molar refractivity (Wildman–Crippen MR) is 89.1 cm³/mol. The topological polar surface area (TPSA) is 122 Å². The SMILES string of the molecule is C[C@@H](NC(=O)[C@@H](N)CC(=O)O)C(=O)NC(C1CCCC1)C1CCC1. The lowest BCUT2D eigenvalue weighted by atomic mass is 9.74. The Hall–Kier alpha value is -1.63. The molecule has 3 atom stereocenters. The number of carboxylic acid groups (broad SMARTS) is 1. The highest BCUT2D eigenvalue weighted by Gasteiger charge is 2.36. The van der Waals surface area contributed by atoms with Gasteiger partial charge < -0.3 is 21.5 Å². The first-order valence-electron chi connectivity index (χ1n) is 8.96. The van der Waals surface area contributed by atoms with E-state index in [0.29, 0.717) is 11.8 Å². The summed E-state index contributed by atoms with van der Waals surface area (Å²) in [5.41, 5.74) is 5.52. The van der Waals surface area contributed by atoms with Gasteiger partial charge in [-0.1, -0.05) is 19.3 Å². The summed E-state index contributed by atoms with van der Waals surface area (Å²) in [5.74, 6) is -0.873. The highest BCUT2D eigenvalue weighted by Crippen LogP contribution is 2.38. The number of aliphatic carboxylic acids is 1. The third-order valence-corrected chi connectivity index (χ3v) is 5.36. The summed E-state index contributed by atoms with van der Waals surface area (Å²) in [4.78, 5) is 34.9. The predicted octanol–water partition coefficient (Wildman–Crippen LogP) is 0.768. The van der Waals surface area contributed by atoms with Crippen molar-refractivity contribution in [2.24, 2.45) is 17.6 Å². The van der Waals surface area contributed by atoms with Crippen LogP contribution in [0.2, 0.25) is 0 Å². The van der Waals surface area contributed by atoms with E-state index in [1.54, 1.807) is 6.92 Å². The lowest BCUT2D eigenvalue weighted by Crippen LogP contribution is -2.55. The van der Waals surface area contributed by atoms with Gasteiger partial charge in [-0.2, -0.15) is 0 Å². The van der Waals surface area contributed by atoms with E-state index in [2.05, 4.69) is 10.6 Å². The molecule has 1 unspecified atom stereocenters. The normalized spacial score (nSPS) is 22.2. The molecule has 24 heavy (non-hydrogen) atoms. The number of hydrogen-bond acceptors (Lipinski definition) is 4. The molecule has 5 N–H and O–H groups in total. The summed E-state index contributed by atoms with van der Waals surface area (Å²) < 4.78 is 0.